The number of nitrogens with zero attached hydrogens (tertiary/aromatic N) is 1. The lowest BCUT2D eigenvalue weighted by molar-refractivity contribution is -0.254. The Morgan fingerprint density at radius 3 is 2.48 bits per heavy atom. The van der Waals surface area contributed by atoms with Crippen molar-refractivity contribution in [3.63, 3.8) is 0 Å². The molecule has 0 fully saturated rings. The van der Waals surface area contributed by atoms with Crippen LogP contribution in [0.3, 0.4) is 0 Å². The number of rotatable bonds is 2. The van der Waals surface area contributed by atoms with Crippen LogP contribution in [0, 0.1) is 5.82 Å². The number of fused-ring (bicyclic) bond motifs is 1. The predicted octanol–water partition coefficient (Wildman–Crippen LogP) is 3.17. The third-order valence-corrected chi connectivity index (χ3v) is 3.62. The molecule has 1 aromatic heterocycles. The van der Waals surface area contributed by atoms with Crippen LogP contribution in [0.15, 0.2) is 53.0 Å². The molecular weight excluding hydrogens is 337 g/mol. The smallest absolute Gasteiger partial charge is 0.123 e. The molecule has 0 bridgehead atoms. The van der Waals surface area contributed by atoms with E-state index in [0.717, 1.165) is 4.47 Å². The van der Waals surface area contributed by atoms with E-state index in [2.05, 4.69) is 20.9 Å². The zero-order valence-corrected chi connectivity index (χ0v) is 12.2. The fraction of sp³-hybridized carbons (Fsp3) is 0. The normalized spacial score (nSPS) is 10.8. The SMILES string of the molecule is O=C([O-])c1cc(-c2ccc(F)cc2)nc2ccc(Br)cc12. The molecule has 3 aromatic rings. The van der Waals surface area contributed by atoms with Crippen molar-refractivity contribution in [1.29, 1.82) is 0 Å². The zero-order chi connectivity index (χ0) is 15.0. The average Bonchev–Trinajstić information content (AvgIpc) is 2.46. The highest BCUT2D eigenvalue weighted by Gasteiger charge is 2.09. The molecule has 0 aliphatic carbocycles. The van der Waals surface area contributed by atoms with Crippen molar-refractivity contribution in [3.8, 4) is 11.3 Å². The Balaban J connectivity index is 2.28. The summed E-state index contributed by atoms with van der Waals surface area (Å²) in [6.07, 6.45) is 0. The highest BCUT2D eigenvalue weighted by atomic mass is 79.9. The summed E-state index contributed by atoms with van der Waals surface area (Å²) >= 11 is 3.30. The minimum Gasteiger partial charge on any atom is -0.545 e. The van der Waals surface area contributed by atoms with Gasteiger partial charge in [-0.1, -0.05) is 15.9 Å². The van der Waals surface area contributed by atoms with E-state index in [-0.39, 0.29) is 11.4 Å². The summed E-state index contributed by atoms with van der Waals surface area (Å²) in [7, 11) is 0. The standard InChI is InChI=1S/C16H9BrFNO2/c17-10-3-6-14-12(7-10)13(16(20)21)8-15(19-14)9-1-4-11(18)5-2-9/h1-8H,(H,20,21)/p-1. The van der Waals surface area contributed by atoms with Crippen LogP contribution in [-0.2, 0) is 0 Å². The van der Waals surface area contributed by atoms with E-state index < -0.39 is 5.97 Å². The molecule has 0 spiro atoms. The van der Waals surface area contributed by atoms with Gasteiger partial charge in [0.05, 0.1) is 17.2 Å². The molecule has 0 saturated carbocycles. The Morgan fingerprint density at radius 1 is 1.10 bits per heavy atom. The van der Waals surface area contributed by atoms with Crippen molar-refractivity contribution in [2.45, 2.75) is 0 Å². The van der Waals surface area contributed by atoms with Crippen molar-refractivity contribution >= 4 is 32.8 Å². The number of aromatic nitrogens is 1. The number of hydrogen-bond donors (Lipinski definition) is 0. The molecular formula is C16H8BrFNO2-. The summed E-state index contributed by atoms with van der Waals surface area (Å²) in [6.45, 7) is 0. The van der Waals surface area contributed by atoms with Crippen LogP contribution < -0.4 is 5.11 Å². The number of benzene rings is 2. The quantitative estimate of drug-likeness (QED) is 0.717. The number of carboxylic acid groups (broad SMARTS) is 1. The second-order valence-corrected chi connectivity index (χ2v) is 5.43. The molecule has 3 nitrogen and oxygen atoms in total. The minimum absolute atomic E-state index is 0.0561. The van der Waals surface area contributed by atoms with Gasteiger partial charge < -0.3 is 9.90 Å². The van der Waals surface area contributed by atoms with Crippen LogP contribution in [-0.4, -0.2) is 11.0 Å². The Kier molecular flexibility index (Phi) is 3.43. The molecule has 0 aliphatic rings. The first-order valence-corrected chi connectivity index (χ1v) is 6.91. The summed E-state index contributed by atoms with van der Waals surface area (Å²) in [5.74, 6) is -1.63. The lowest BCUT2D eigenvalue weighted by Crippen LogP contribution is -2.22. The second-order valence-electron chi connectivity index (χ2n) is 4.51. The number of hydrogen-bond acceptors (Lipinski definition) is 3. The average molecular weight is 345 g/mol. The molecule has 104 valence electrons. The van der Waals surface area contributed by atoms with Crippen molar-refractivity contribution in [3.05, 3.63) is 64.4 Å². The van der Waals surface area contributed by atoms with E-state index in [9.17, 15) is 14.3 Å². The van der Waals surface area contributed by atoms with Crippen LogP contribution in [0.4, 0.5) is 4.39 Å². The van der Waals surface area contributed by atoms with Crippen LogP contribution in [0.2, 0.25) is 0 Å². The molecule has 0 radical (unpaired) electrons. The van der Waals surface area contributed by atoms with Gasteiger partial charge in [-0.15, -0.1) is 0 Å². The van der Waals surface area contributed by atoms with Gasteiger partial charge in [-0.05, 0) is 48.5 Å². The molecule has 21 heavy (non-hydrogen) atoms. The molecule has 1 heterocycles. The summed E-state index contributed by atoms with van der Waals surface area (Å²) in [5, 5.41) is 11.8. The van der Waals surface area contributed by atoms with Gasteiger partial charge in [0.15, 0.2) is 0 Å². The number of halogens is 2. The fourth-order valence-electron chi connectivity index (χ4n) is 2.14. The first-order chi connectivity index (χ1) is 10.0. The van der Waals surface area contributed by atoms with Crippen LogP contribution >= 0.6 is 15.9 Å². The van der Waals surface area contributed by atoms with E-state index in [4.69, 9.17) is 0 Å². The minimum atomic E-state index is -1.27. The van der Waals surface area contributed by atoms with Crippen LogP contribution in [0.1, 0.15) is 10.4 Å². The summed E-state index contributed by atoms with van der Waals surface area (Å²) in [6, 6.07) is 12.4. The van der Waals surface area contributed by atoms with Crippen LogP contribution in [0.25, 0.3) is 22.2 Å². The maximum atomic E-state index is 13.0. The van der Waals surface area contributed by atoms with Crippen molar-refractivity contribution < 1.29 is 14.3 Å². The van der Waals surface area contributed by atoms with E-state index >= 15 is 0 Å². The molecule has 5 heteroatoms. The lowest BCUT2D eigenvalue weighted by Gasteiger charge is -2.11. The largest absolute Gasteiger partial charge is 0.545 e. The molecule has 3 rings (SSSR count). The summed E-state index contributed by atoms with van der Waals surface area (Å²) in [5.41, 5.74) is 1.70. The molecule has 0 saturated heterocycles. The van der Waals surface area contributed by atoms with Gasteiger partial charge in [-0.3, -0.25) is 0 Å². The number of aromatic carboxylic acids is 1. The van der Waals surface area contributed by atoms with Crippen LogP contribution in [0.5, 0.6) is 0 Å². The van der Waals surface area contributed by atoms with E-state index in [1.807, 2.05) is 0 Å². The molecule has 2 aromatic carbocycles. The van der Waals surface area contributed by atoms with Gasteiger partial charge in [0.1, 0.15) is 5.82 Å². The Labute approximate surface area is 128 Å². The van der Waals surface area contributed by atoms with Gasteiger partial charge in [0.2, 0.25) is 0 Å². The van der Waals surface area contributed by atoms with E-state index in [0.29, 0.717) is 22.2 Å². The van der Waals surface area contributed by atoms with Gasteiger partial charge in [-0.25, -0.2) is 9.37 Å². The maximum absolute atomic E-state index is 13.0. The van der Waals surface area contributed by atoms with Gasteiger partial charge in [-0.2, -0.15) is 0 Å². The molecule has 0 atom stereocenters. The first-order valence-electron chi connectivity index (χ1n) is 6.12. The van der Waals surface area contributed by atoms with Crippen molar-refractivity contribution in [2.75, 3.05) is 0 Å². The third-order valence-electron chi connectivity index (χ3n) is 3.13. The number of carbonyl (C=O) groups excluding carboxylic acids is 1. The molecule has 0 unspecified atom stereocenters. The van der Waals surface area contributed by atoms with Gasteiger partial charge in [0.25, 0.3) is 0 Å². The zero-order valence-electron chi connectivity index (χ0n) is 10.6. The van der Waals surface area contributed by atoms with Crippen molar-refractivity contribution in [1.82, 2.24) is 4.98 Å². The second kappa shape index (κ2) is 5.26. The Hall–Kier alpha value is -2.27. The Bertz CT molecular complexity index is 847. The van der Waals surface area contributed by atoms with Crippen molar-refractivity contribution in [2.24, 2.45) is 0 Å². The molecule has 0 aliphatic heterocycles. The summed E-state index contributed by atoms with van der Waals surface area (Å²) in [4.78, 5) is 15.8. The van der Waals surface area contributed by atoms with Gasteiger partial charge >= 0.3 is 0 Å². The number of carbonyl (C=O) groups is 1. The van der Waals surface area contributed by atoms with E-state index in [1.54, 1.807) is 30.3 Å². The monoisotopic (exact) mass is 344 g/mol. The first kappa shape index (κ1) is 13.7. The number of pyridine rings is 1. The Morgan fingerprint density at radius 2 is 1.81 bits per heavy atom. The predicted molar refractivity (Wildman–Crippen MR) is 79.2 cm³/mol. The number of carboxylic acids is 1. The summed E-state index contributed by atoms with van der Waals surface area (Å²) < 4.78 is 13.7. The molecule has 0 N–H and O–H groups in total. The topological polar surface area (TPSA) is 53.0 Å². The van der Waals surface area contributed by atoms with E-state index in [1.165, 1.54) is 18.2 Å². The lowest BCUT2D eigenvalue weighted by atomic mass is 10.0. The third kappa shape index (κ3) is 2.64. The fourth-order valence-corrected chi connectivity index (χ4v) is 2.50. The highest BCUT2D eigenvalue weighted by Crippen LogP contribution is 2.27. The van der Waals surface area contributed by atoms with Gasteiger partial charge in [0, 0.05) is 21.0 Å². The maximum Gasteiger partial charge on any atom is 0.123 e. The highest BCUT2D eigenvalue weighted by molar-refractivity contribution is 9.10. The molecule has 0 amide bonds.